The van der Waals surface area contributed by atoms with E-state index in [2.05, 4.69) is 5.32 Å². The average molecular weight is 250 g/mol. The maximum atomic E-state index is 11.3. The molecular weight excluding hydrogens is 232 g/mol. The molecule has 18 heavy (non-hydrogen) atoms. The first-order valence-corrected chi connectivity index (χ1v) is 6.10. The molecule has 1 unspecified atom stereocenters. The van der Waals surface area contributed by atoms with Crippen molar-refractivity contribution < 1.29 is 15.0 Å². The van der Waals surface area contributed by atoms with E-state index in [-0.39, 0.29) is 11.7 Å². The first kappa shape index (κ1) is 12.7. The number of rotatable bonds is 2. The monoisotopic (exact) mass is 250 g/mol. The lowest BCUT2D eigenvalue weighted by Gasteiger charge is -2.22. The average Bonchev–Trinajstić information content (AvgIpc) is 2.53. The van der Waals surface area contributed by atoms with Crippen LogP contribution in [0.5, 0.6) is 5.75 Å². The summed E-state index contributed by atoms with van der Waals surface area (Å²) in [6.07, 6.45) is -0.231. The van der Waals surface area contributed by atoms with E-state index in [1.54, 1.807) is 19.1 Å². The number of carbonyl (C=O) groups is 1. The molecule has 1 atom stereocenters. The Morgan fingerprint density at radius 3 is 2.83 bits per heavy atom. The van der Waals surface area contributed by atoms with Gasteiger partial charge in [-0.05, 0) is 13.0 Å². The number of nitrogens with one attached hydrogen (secondary N) is 1. The van der Waals surface area contributed by atoms with E-state index in [9.17, 15) is 15.0 Å². The summed E-state index contributed by atoms with van der Waals surface area (Å²) in [5.41, 5.74) is 1.39. The Balaban J connectivity index is 2.18. The molecule has 5 heteroatoms. The van der Waals surface area contributed by atoms with Crippen LogP contribution in [0.2, 0.25) is 0 Å². The summed E-state index contributed by atoms with van der Waals surface area (Å²) in [5, 5.41) is 22.1. The topological polar surface area (TPSA) is 72.8 Å². The molecule has 2 rings (SSSR count). The Hall–Kier alpha value is -1.75. The van der Waals surface area contributed by atoms with Crippen LogP contribution in [0, 0.1) is 0 Å². The van der Waals surface area contributed by atoms with Crippen molar-refractivity contribution >= 4 is 11.6 Å². The highest BCUT2D eigenvalue weighted by Gasteiger charge is 2.15. The lowest BCUT2D eigenvalue weighted by atomic mass is 10.1. The fourth-order valence-electron chi connectivity index (χ4n) is 2.11. The number of aliphatic hydroxyl groups excluding tert-OH is 1. The van der Waals surface area contributed by atoms with E-state index in [1.807, 2.05) is 11.0 Å². The first-order chi connectivity index (χ1) is 8.58. The Labute approximate surface area is 106 Å². The van der Waals surface area contributed by atoms with E-state index >= 15 is 0 Å². The molecule has 0 saturated carbocycles. The van der Waals surface area contributed by atoms with Gasteiger partial charge in [0.1, 0.15) is 5.75 Å². The number of hydrogen-bond donors (Lipinski definition) is 3. The van der Waals surface area contributed by atoms with Crippen LogP contribution < -0.4 is 10.2 Å². The van der Waals surface area contributed by atoms with Crippen LogP contribution in [-0.2, 0) is 4.79 Å². The molecule has 0 spiro atoms. The number of carbonyl (C=O) groups excluding carboxylic acids is 1. The Morgan fingerprint density at radius 1 is 1.39 bits per heavy atom. The summed E-state index contributed by atoms with van der Waals surface area (Å²) in [6.45, 7) is 3.58. The molecule has 0 aromatic heterocycles. The molecule has 1 heterocycles. The molecule has 0 aliphatic carbocycles. The minimum Gasteiger partial charge on any atom is -0.507 e. The van der Waals surface area contributed by atoms with Gasteiger partial charge in [0.05, 0.1) is 6.10 Å². The van der Waals surface area contributed by atoms with Crippen LogP contribution in [0.1, 0.15) is 25.0 Å². The minimum absolute atomic E-state index is 0.0577. The van der Waals surface area contributed by atoms with Crippen molar-refractivity contribution in [2.75, 3.05) is 24.5 Å². The van der Waals surface area contributed by atoms with Gasteiger partial charge in [-0.15, -0.1) is 0 Å². The normalized spacial score (nSPS) is 18.1. The maximum Gasteiger partial charge on any atom is 0.221 e. The van der Waals surface area contributed by atoms with Crippen molar-refractivity contribution in [2.24, 2.45) is 0 Å². The Kier molecular flexibility index (Phi) is 3.72. The third kappa shape index (κ3) is 2.73. The summed E-state index contributed by atoms with van der Waals surface area (Å²) in [4.78, 5) is 13.3. The summed E-state index contributed by atoms with van der Waals surface area (Å²) >= 11 is 0. The van der Waals surface area contributed by atoms with Crippen molar-refractivity contribution in [1.29, 1.82) is 0 Å². The van der Waals surface area contributed by atoms with Crippen LogP contribution in [-0.4, -0.2) is 35.8 Å². The number of nitrogens with zero attached hydrogens (tertiary/aromatic N) is 1. The van der Waals surface area contributed by atoms with E-state index in [0.717, 1.165) is 12.2 Å². The molecule has 3 N–H and O–H groups in total. The number of anilines is 1. The number of phenolic OH excluding ortho intramolecular Hbond substituents is 1. The van der Waals surface area contributed by atoms with E-state index in [4.69, 9.17) is 0 Å². The van der Waals surface area contributed by atoms with Crippen LogP contribution in [0.3, 0.4) is 0 Å². The van der Waals surface area contributed by atoms with Gasteiger partial charge in [0.15, 0.2) is 0 Å². The third-order valence-corrected chi connectivity index (χ3v) is 3.14. The fraction of sp³-hybridized carbons (Fsp3) is 0.462. The minimum atomic E-state index is -0.688. The van der Waals surface area contributed by atoms with Crippen molar-refractivity contribution in [1.82, 2.24) is 5.32 Å². The van der Waals surface area contributed by atoms with Crippen LogP contribution in [0.15, 0.2) is 18.2 Å². The number of amides is 1. The first-order valence-electron chi connectivity index (χ1n) is 6.10. The summed E-state index contributed by atoms with van der Waals surface area (Å²) < 4.78 is 0. The third-order valence-electron chi connectivity index (χ3n) is 3.14. The van der Waals surface area contributed by atoms with Crippen molar-refractivity contribution in [3.63, 3.8) is 0 Å². The second-order valence-electron chi connectivity index (χ2n) is 4.51. The van der Waals surface area contributed by atoms with Gasteiger partial charge in [-0.2, -0.15) is 0 Å². The molecule has 1 aliphatic rings. The number of aromatic hydroxyl groups is 1. The number of phenols is 1. The predicted molar refractivity (Wildman–Crippen MR) is 68.6 cm³/mol. The number of hydrogen-bond acceptors (Lipinski definition) is 4. The standard InChI is InChI=1S/C13H18N2O3/c1-9(16)11-3-2-10(8-12(11)17)15-6-4-13(18)14-5-7-15/h2-3,8-9,16-17H,4-7H2,1H3,(H,14,18). The van der Waals surface area contributed by atoms with Gasteiger partial charge in [-0.3, -0.25) is 4.79 Å². The van der Waals surface area contributed by atoms with Gasteiger partial charge in [0.25, 0.3) is 0 Å². The van der Waals surface area contributed by atoms with Gasteiger partial charge in [-0.1, -0.05) is 6.07 Å². The predicted octanol–water partition coefficient (Wildman–Crippen LogP) is 0.772. The molecule has 1 amide bonds. The van der Waals surface area contributed by atoms with Gasteiger partial charge >= 0.3 is 0 Å². The molecule has 0 radical (unpaired) electrons. The maximum absolute atomic E-state index is 11.3. The van der Waals surface area contributed by atoms with Crippen LogP contribution >= 0.6 is 0 Å². The van der Waals surface area contributed by atoms with Gasteiger partial charge in [0.2, 0.25) is 5.91 Å². The van der Waals surface area contributed by atoms with Gasteiger partial charge < -0.3 is 20.4 Å². The Morgan fingerprint density at radius 2 is 2.17 bits per heavy atom. The summed E-state index contributed by atoms with van der Waals surface area (Å²) in [5.74, 6) is 0.147. The molecule has 0 bridgehead atoms. The van der Waals surface area contributed by atoms with E-state index in [1.165, 1.54) is 0 Å². The smallest absolute Gasteiger partial charge is 0.221 e. The zero-order valence-corrected chi connectivity index (χ0v) is 10.4. The van der Waals surface area contributed by atoms with Crippen LogP contribution in [0.4, 0.5) is 5.69 Å². The van der Waals surface area contributed by atoms with Crippen molar-refractivity contribution in [2.45, 2.75) is 19.4 Å². The lowest BCUT2D eigenvalue weighted by Crippen LogP contribution is -2.28. The second-order valence-corrected chi connectivity index (χ2v) is 4.51. The highest BCUT2D eigenvalue weighted by atomic mass is 16.3. The zero-order valence-electron chi connectivity index (χ0n) is 10.4. The quantitative estimate of drug-likeness (QED) is 0.725. The molecule has 5 nitrogen and oxygen atoms in total. The SMILES string of the molecule is CC(O)c1ccc(N2CCNC(=O)CC2)cc1O. The lowest BCUT2D eigenvalue weighted by molar-refractivity contribution is -0.120. The fourth-order valence-corrected chi connectivity index (χ4v) is 2.11. The molecule has 1 aliphatic heterocycles. The van der Waals surface area contributed by atoms with Gasteiger partial charge in [-0.25, -0.2) is 0 Å². The van der Waals surface area contributed by atoms with Crippen LogP contribution in [0.25, 0.3) is 0 Å². The number of benzene rings is 1. The number of aliphatic hydroxyl groups is 1. The summed E-state index contributed by atoms with van der Waals surface area (Å²) in [7, 11) is 0. The zero-order chi connectivity index (χ0) is 13.1. The molecule has 98 valence electrons. The Bertz CT molecular complexity index is 446. The molecule has 1 aromatic carbocycles. The van der Waals surface area contributed by atoms with Crippen molar-refractivity contribution in [3.05, 3.63) is 23.8 Å². The largest absolute Gasteiger partial charge is 0.507 e. The molecular formula is C13H18N2O3. The van der Waals surface area contributed by atoms with E-state index < -0.39 is 6.10 Å². The highest BCUT2D eigenvalue weighted by molar-refractivity contribution is 5.77. The molecule has 1 aromatic rings. The summed E-state index contributed by atoms with van der Waals surface area (Å²) in [6, 6.07) is 5.21. The second kappa shape index (κ2) is 5.27. The molecule has 1 saturated heterocycles. The molecule has 1 fully saturated rings. The van der Waals surface area contributed by atoms with E-state index in [0.29, 0.717) is 25.1 Å². The highest BCUT2D eigenvalue weighted by Crippen LogP contribution is 2.29. The van der Waals surface area contributed by atoms with Gasteiger partial charge in [0, 0.05) is 43.4 Å². The van der Waals surface area contributed by atoms with Crippen molar-refractivity contribution in [3.8, 4) is 5.75 Å².